The van der Waals surface area contributed by atoms with Crippen molar-refractivity contribution in [2.45, 2.75) is 6.92 Å². The average molecular weight is 354 g/mol. The number of halogens is 2. The Balaban J connectivity index is 2.01. The number of anilines is 1. The number of aromatic nitrogens is 2. The third-order valence-corrected chi connectivity index (χ3v) is 4.40. The molecule has 3 aromatic rings. The van der Waals surface area contributed by atoms with Gasteiger partial charge in [0, 0.05) is 5.56 Å². The summed E-state index contributed by atoms with van der Waals surface area (Å²) in [6.07, 6.45) is 0. The summed E-state index contributed by atoms with van der Waals surface area (Å²) in [7, 11) is 0. The van der Waals surface area contributed by atoms with Gasteiger partial charge in [-0.15, -0.1) is 11.3 Å². The van der Waals surface area contributed by atoms with E-state index in [-0.39, 0.29) is 5.82 Å². The Hall–Kier alpha value is -1.73. The van der Waals surface area contributed by atoms with Crippen LogP contribution >= 0.6 is 27.3 Å². The molecule has 0 saturated heterocycles. The van der Waals surface area contributed by atoms with E-state index in [4.69, 9.17) is 10.3 Å². The average Bonchev–Trinajstić information content (AvgIpc) is 2.99. The number of benzene rings is 1. The molecule has 4 nitrogen and oxygen atoms in total. The fourth-order valence-electron chi connectivity index (χ4n) is 1.79. The first-order valence-electron chi connectivity index (χ1n) is 5.70. The van der Waals surface area contributed by atoms with Gasteiger partial charge >= 0.3 is 0 Å². The van der Waals surface area contributed by atoms with Crippen molar-refractivity contribution in [3.05, 3.63) is 40.1 Å². The minimum absolute atomic E-state index is 0.334. The molecule has 0 spiro atoms. The van der Waals surface area contributed by atoms with E-state index in [2.05, 4.69) is 26.1 Å². The highest BCUT2D eigenvalue weighted by Gasteiger charge is 2.15. The van der Waals surface area contributed by atoms with Crippen molar-refractivity contribution in [3.63, 3.8) is 0 Å². The molecule has 0 aliphatic rings. The molecule has 2 heterocycles. The van der Waals surface area contributed by atoms with Crippen LogP contribution in [-0.4, -0.2) is 10.1 Å². The molecule has 0 amide bonds. The van der Waals surface area contributed by atoms with Crippen LogP contribution in [0.25, 0.3) is 22.2 Å². The standard InChI is InChI=1S/C13H9BrFN3OS/c1-6-4-10(16)20-11(6)13-17-12(18-19-13)7-2-3-9(15)8(14)5-7/h2-5H,16H2,1H3. The third-order valence-electron chi connectivity index (χ3n) is 2.73. The van der Waals surface area contributed by atoms with Crippen LogP contribution in [0.3, 0.4) is 0 Å². The second-order valence-electron chi connectivity index (χ2n) is 4.21. The second-order valence-corrected chi connectivity index (χ2v) is 6.15. The van der Waals surface area contributed by atoms with Gasteiger partial charge in [0.25, 0.3) is 5.89 Å². The largest absolute Gasteiger partial charge is 0.391 e. The molecule has 7 heteroatoms. The molecule has 0 atom stereocenters. The minimum Gasteiger partial charge on any atom is -0.391 e. The topological polar surface area (TPSA) is 64.9 Å². The van der Waals surface area contributed by atoms with Crippen LogP contribution in [0.15, 0.2) is 33.3 Å². The molecule has 20 heavy (non-hydrogen) atoms. The van der Waals surface area contributed by atoms with Gasteiger partial charge in [0.2, 0.25) is 5.82 Å². The molecule has 0 bridgehead atoms. The number of thiophene rings is 1. The van der Waals surface area contributed by atoms with E-state index in [1.807, 2.05) is 13.0 Å². The van der Waals surface area contributed by atoms with Gasteiger partial charge in [0.1, 0.15) is 5.82 Å². The molecule has 2 N–H and O–H groups in total. The van der Waals surface area contributed by atoms with Crippen LogP contribution in [0.5, 0.6) is 0 Å². The van der Waals surface area contributed by atoms with E-state index < -0.39 is 0 Å². The molecule has 0 saturated carbocycles. The van der Waals surface area contributed by atoms with Gasteiger partial charge in [0.05, 0.1) is 14.4 Å². The summed E-state index contributed by atoms with van der Waals surface area (Å²) in [5.41, 5.74) is 7.42. The van der Waals surface area contributed by atoms with Crippen LogP contribution in [0.4, 0.5) is 9.39 Å². The lowest BCUT2D eigenvalue weighted by Gasteiger charge is -1.96. The van der Waals surface area contributed by atoms with E-state index in [9.17, 15) is 4.39 Å². The number of nitrogen functional groups attached to an aromatic ring is 1. The van der Waals surface area contributed by atoms with Crippen molar-refractivity contribution in [2.24, 2.45) is 0 Å². The van der Waals surface area contributed by atoms with Crippen LogP contribution < -0.4 is 5.73 Å². The van der Waals surface area contributed by atoms with E-state index in [0.29, 0.717) is 26.8 Å². The lowest BCUT2D eigenvalue weighted by Crippen LogP contribution is -1.83. The summed E-state index contributed by atoms with van der Waals surface area (Å²) in [6.45, 7) is 1.93. The molecule has 0 aliphatic heterocycles. The molecular weight excluding hydrogens is 345 g/mol. The van der Waals surface area contributed by atoms with E-state index >= 15 is 0 Å². The predicted molar refractivity (Wildman–Crippen MR) is 79.9 cm³/mol. The van der Waals surface area contributed by atoms with Crippen molar-refractivity contribution in [1.82, 2.24) is 10.1 Å². The molecule has 0 aliphatic carbocycles. The molecule has 102 valence electrons. The van der Waals surface area contributed by atoms with E-state index in [1.54, 1.807) is 12.1 Å². The van der Waals surface area contributed by atoms with Gasteiger partial charge in [-0.3, -0.25) is 0 Å². The number of rotatable bonds is 2. The monoisotopic (exact) mass is 353 g/mol. The summed E-state index contributed by atoms with van der Waals surface area (Å²) < 4.78 is 18.8. The quantitative estimate of drug-likeness (QED) is 0.747. The highest BCUT2D eigenvalue weighted by Crippen LogP contribution is 2.34. The molecular formula is C13H9BrFN3OS. The van der Waals surface area contributed by atoms with Gasteiger partial charge in [-0.05, 0) is 52.7 Å². The molecule has 3 rings (SSSR count). The first-order chi connectivity index (χ1) is 9.54. The Morgan fingerprint density at radius 2 is 2.15 bits per heavy atom. The zero-order chi connectivity index (χ0) is 14.3. The molecule has 0 radical (unpaired) electrons. The molecule has 2 aromatic heterocycles. The van der Waals surface area contributed by atoms with Gasteiger partial charge in [-0.1, -0.05) is 5.16 Å². The lowest BCUT2D eigenvalue weighted by atomic mass is 10.2. The first-order valence-corrected chi connectivity index (χ1v) is 7.31. The number of aryl methyl sites for hydroxylation is 1. The maximum atomic E-state index is 13.2. The maximum Gasteiger partial charge on any atom is 0.268 e. The summed E-state index contributed by atoms with van der Waals surface area (Å²) in [5.74, 6) is 0.492. The number of hydrogen-bond acceptors (Lipinski definition) is 5. The van der Waals surface area contributed by atoms with Crippen LogP contribution in [0, 0.1) is 12.7 Å². The van der Waals surface area contributed by atoms with Crippen LogP contribution in [0.2, 0.25) is 0 Å². The normalized spacial score (nSPS) is 10.9. The zero-order valence-corrected chi connectivity index (χ0v) is 12.8. The van der Waals surface area contributed by atoms with Crippen LogP contribution in [-0.2, 0) is 0 Å². The Bertz CT molecular complexity index is 784. The van der Waals surface area contributed by atoms with Crippen molar-refractivity contribution < 1.29 is 8.91 Å². The Morgan fingerprint density at radius 3 is 2.80 bits per heavy atom. The summed E-state index contributed by atoms with van der Waals surface area (Å²) in [4.78, 5) is 5.18. The number of hydrogen-bond donors (Lipinski definition) is 1. The maximum absolute atomic E-state index is 13.2. The van der Waals surface area contributed by atoms with Crippen molar-refractivity contribution >= 4 is 32.3 Å². The lowest BCUT2D eigenvalue weighted by molar-refractivity contribution is 0.433. The molecule has 0 unspecified atom stereocenters. The smallest absolute Gasteiger partial charge is 0.268 e. The minimum atomic E-state index is -0.334. The summed E-state index contributed by atoms with van der Waals surface area (Å²) in [6, 6.07) is 6.42. The van der Waals surface area contributed by atoms with Crippen LogP contribution in [0.1, 0.15) is 5.56 Å². The molecule has 1 aromatic carbocycles. The highest BCUT2D eigenvalue weighted by atomic mass is 79.9. The van der Waals surface area contributed by atoms with Gasteiger partial charge in [0.15, 0.2) is 0 Å². The summed E-state index contributed by atoms with van der Waals surface area (Å²) in [5, 5.41) is 4.62. The van der Waals surface area contributed by atoms with Crippen molar-refractivity contribution in [1.29, 1.82) is 0 Å². The van der Waals surface area contributed by atoms with E-state index in [1.165, 1.54) is 17.4 Å². The second kappa shape index (κ2) is 4.99. The van der Waals surface area contributed by atoms with Crippen molar-refractivity contribution in [2.75, 3.05) is 5.73 Å². The Morgan fingerprint density at radius 1 is 1.35 bits per heavy atom. The summed E-state index contributed by atoms with van der Waals surface area (Å²) >= 11 is 4.53. The zero-order valence-electron chi connectivity index (χ0n) is 10.4. The van der Waals surface area contributed by atoms with Gasteiger partial charge in [-0.25, -0.2) is 4.39 Å². The Kier molecular flexibility index (Phi) is 3.31. The fourth-order valence-corrected chi connectivity index (χ4v) is 3.03. The first kappa shape index (κ1) is 13.3. The van der Waals surface area contributed by atoms with Gasteiger partial charge in [-0.2, -0.15) is 4.98 Å². The van der Waals surface area contributed by atoms with E-state index in [0.717, 1.165) is 10.4 Å². The Labute approximate surface area is 126 Å². The predicted octanol–water partition coefficient (Wildman–Crippen LogP) is 4.26. The third kappa shape index (κ3) is 2.34. The number of nitrogens with two attached hydrogens (primary N) is 1. The highest BCUT2D eigenvalue weighted by molar-refractivity contribution is 9.10. The SMILES string of the molecule is Cc1cc(N)sc1-c1nc(-c2ccc(F)c(Br)c2)no1. The van der Waals surface area contributed by atoms with Gasteiger partial charge < -0.3 is 10.3 Å². The molecule has 0 fully saturated rings. The van der Waals surface area contributed by atoms with Crippen molar-refractivity contribution in [3.8, 4) is 22.2 Å². The fraction of sp³-hybridized carbons (Fsp3) is 0.0769. The number of nitrogens with zero attached hydrogens (tertiary/aromatic N) is 2.